The van der Waals surface area contributed by atoms with Gasteiger partial charge in [0.05, 0.1) is 12.2 Å². The second-order valence-corrected chi connectivity index (χ2v) is 11.7. The average Bonchev–Trinajstić information content (AvgIpc) is 3.09. The summed E-state index contributed by atoms with van der Waals surface area (Å²) >= 11 is 1.49. The molecule has 0 saturated heterocycles. The third-order valence-electron chi connectivity index (χ3n) is 5.88. The van der Waals surface area contributed by atoms with Crippen molar-refractivity contribution in [3.05, 3.63) is 45.8 Å². The van der Waals surface area contributed by atoms with Crippen LogP contribution in [0.5, 0.6) is 5.75 Å². The number of nitrogens with one attached hydrogen (secondary N) is 1. The van der Waals surface area contributed by atoms with E-state index in [9.17, 15) is 9.59 Å². The van der Waals surface area contributed by atoms with Crippen LogP contribution < -0.4 is 10.1 Å². The van der Waals surface area contributed by atoms with E-state index in [1.165, 1.54) is 21.8 Å². The highest BCUT2D eigenvalue weighted by Gasteiger charge is 2.28. The van der Waals surface area contributed by atoms with E-state index in [2.05, 4.69) is 52.1 Å². The van der Waals surface area contributed by atoms with Crippen LogP contribution in [0, 0.1) is 5.41 Å². The molecule has 0 bridgehead atoms. The van der Waals surface area contributed by atoms with Crippen LogP contribution in [0.15, 0.2) is 24.3 Å². The predicted octanol–water partition coefficient (Wildman–Crippen LogP) is 6.53. The molecule has 0 atom stereocenters. The van der Waals surface area contributed by atoms with Crippen molar-refractivity contribution in [2.45, 2.75) is 79.1 Å². The number of benzene rings is 1. The predicted molar refractivity (Wildman–Crippen MR) is 135 cm³/mol. The Morgan fingerprint density at radius 1 is 1.03 bits per heavy atom. The molecule has 6 heteroatoms. The summed E-state index contributed by atoms with van der Waals surface area (Å²) in [7, 11) is 0. The summed E-state index contributed by atoms with van der Waals surface area (Å²) in [6.07, 6.45) is 5.02. The maximum Gasteiger partial charge on any atom is 0.341 e. The number of rotatable bonds is 8. The second-order valence-electron chi connectivity index (χ2n) is 10.6. The fourth-order valence-corrected chi connectivity index (χ4v) is 6.11. The Bertz CT molecular complexity index is 983. The van der Waals surface area contributed by atoms with Gasteiger partial charge in [0, 0.05) is 4.88 Å². The highest BCUT2D eigenvalue weighted by atomic mass is 32.1. The number of ether oxygens (including phenoxy) is 2. The average molecular weight is 472 g/mol. The molecule has 1 N–H and O–H groups in total. The molecule has 3 rings (SSSR count). The van der Waals surface area contributed by atoms with Crippen molar-refractivity contribution in [1.82, 2.24) is 0 Å². The van der Waals surface area contributed by atoms with Crippen LogP contribution in [0.4, 0.5) is 5.00 Å². The minimum atomic E-state index is -0.360. The number of fused-ring (bicyclic) bond motifs is 1. The van der Waals surface area contributed by atoms with E-state index < -0.39 is 0 Å². The third kappa shape index (κ3) is 6.59. The van der Waals surface area contributed by atoms with Gasteiger partial charge in [0.1, 0.15) is 10.8 Å². The summed E-state index contributed by atoms with van der Waals surface area (Å²) in [5, 5.41) is 3.47. The number of thiophene rings is 1. The zero-order chi connectivity index (χ0) is 24.2. The summed E-state index contributed by atoms with van der Waals surface area (Å²) in [5.74, 6) is 0.00871. The number of carbonyl (C=O) groups excluding carboxylic acids is 2. The van der Waals surface area contributed by atoms with E-state index >= 15 is 0 Å². The van der Waals surface area contributed by atoms with Crippen molar-refractivity contribution in [3.63, 3.8) is 0 Å². The van der Waals surface area contributed by atoms with Crippen LogP contribution >= 0.6 is 11.3 Å². The normalized spacial score (nSPS) is 13.9. The van der Waals surface area contributed by atoms with Gasteiger partial charge in [-0.3, -0.25) is 4.79 Å². The van der Waals surface area contributed by atoms with E-state index in [0.29, 0.717) is 22.9 Å². The molecular formula is C27H37NO4S. The van der Waals surface area contributed by atoms with Crippen LogP contribution in [-0.4, -0.2) is 25.1 Å². The van der Waals surface area contributed by atoms with Gasteiger partial charge in [-0.05, 0) is 73.1 Å². The number of carbonyl (C=O) groups is 2. The Morgan fingerprint density at radius 2 is 1.70 bits per heavy atom. The summed E-state index contributed by atoms with van der Waals surface area (Å²) in [5.41, 5.74) is 3.10. The molecule has 0 radical (unpaired) electrons. The molecule has 1 aromatic carbocycles. The number of amides is 1. The van der Waals surface area contributed by atoms with Crippen molar-refractivity contribution >= 4 is 28.2 Å². The minimum absolute atomic E-state index is 0.0515. The van der Waals surface area contributed by atoms with E-state index in [0.717, 1.165) is 37.7 Å². The molecule has 1 aromatic heterocycles. The van der Waals surface area contributed by atoms with E-state index in [4.69, 9.17) is 9.47 Å². The Balaban J connectivity index is 1.64. The van der Waals surface area contributed by atoms with Gasteiger partial charge in [0.25, 0.3) is 5.91 Å². The molecule has 1 aliphatic rings. The lowest BCUT2D eigenvalue weighted by molar-refractivity contribution is -0.118. The highest BCUT2D eigenvalue weighted by Crippen LogP contribution is 2.39. The Kier molecular flexibility index (Phi) is 7.88. The number of hydrogen-bond acceptors (Lipinski definition) is 5. The summed E-state index contributed by atoms with van der Waals surface area (Å²) in [6, 6.07) is 7.98. The van der Waals surface area contributed by atoms with Crippen molar-refractivity contribution < 1.29 is 19.1 Å². The van der Waals surface area contributed by atoms with Crippen LogP contribution in [0.2, 0.25) is 0 Å². The van der Waals surface area contributed by atoms with E-state index in [1.807, 2.05) is 12.1 Å². The quantitative estimate of drug-likeness (QED) is 0.444. The zero-order valence-corrected chi connectivity index (χ0v) is 21.6. The molecule has 0 spiro atoms. The summed E-state index contributed by atoms with van der Waals surface area (Å²) in [4.78, 5) is 26.4. The van der Waals surface area contributed by atoms with Crippen molar-refractivity contribution in [2.75, 3.05) is 18.5 Å². The number of anilines is 1. The third-order valence-corrected chi connectivity index (χ3v) is 7.09. The number of hydrogen-bond donors (Lipinski definition) is 1. The van der Waals surface area contributed by atoms with Gasteiger partial charge in [0.2, 0.25) is 0 Å². The molecule has 1 heterocycles. The molecule has 33 heavy (non-hydrogen) atoms. The first kappa shape index (κ1) is 25.3. The first-order valence-corrected chi connectivity index (χ1v) is 12.7. The molecule has 180 valence electrons. The van der Waals surface area contributed by atoms with Gasteiger partial charge in [-0.1, -0.05) is 46.8 Å². The smallest absolute Gasteiger partial charge is 0.341 e. The molecule has 1 amide bonds. The Hall–Kier alpha value is -2.34. The SMILES string of the molecule is CCOC(=O)c1c(NC(=O)COc2ccc(C(C)(C)CC(C)(C)C)cc2)sc2c1CCCC2. The Morgan fingerprint density at radius 3 is 2.33 bits per heavy atom. The first-order chi connectivity index (χ1) is 15.5. The van der Waals surface area contributed by atoms with Gasteiger partial charge in [0.15, 0.2) is 6.61 Å². The van der Waals surface area contributed by atoms with Crippen molar-refractivity contribution in [3.8, 4) is 5.75 Å². The fraction of sp³-hybridized carbons (Fsp3) is 0.556. The molecule has 5 nitrogen and oxygen atoms in total. The van der Waals surface area contributed by atoms with Crippen LogP contribution in [-0.2, 0) is 27.8 Å². The summed E-state index contributed by atoms with van der Waals surface area (Å²) in [6.45, 7) is 13.2. The molecule has 0 unspecified atom stereocenters. The second kappa shape index (κ2) is 10.3. The standard InChI is InChI=1S/C27H37NO4S/c1-7-31-25(30)23-20-10-8-9-11-21(20)33-24(23)28-22(29)16-32-19-14-12-18(13-15-19)27(5,6)17-26(2,3)4/h12-15H,7-11,16-17H2,1-6H3,(H,28,29). The largest absolute Gasteiger partial charge is 0.484 e. The summed E-state index contributed by atoms with van der Waals surface area (Å²) < 4.78 is 11.0. The van der Waals surface area contributed by atoms with E-state index in [1.54, 1.807) is 6.92 Å². The van der Waals surface area contributed by atoms with Crippen LogP contribution in [0.3, 0.4) is 0 Å². The van der Waals surface area contributed by atoms with Gasteiger partial charge in [-0.25, -0.2) is 4.79 Å². The fourth-order valence-electron chi connectivity index (χ4n) is 4.81. The van der Waals surface area contributed by atoms with Crippen LogP contribution in [0.1, 0.15) is 87.2 Å². The monoisotopic (exact) mass is 471 g/mol. The molecule has 1 aliphatic carbocycles. The number of aryl methyl sites for hydroxylation is 1. The van der Waals surface area contributed by atoms with Gasteiger partial charge in [-0.2, -0.15) is 0 Å². The maximum atomic E-state index is 12.6. The van der Waals surface area contributed by atoms with E-state index in [-0.39, 0.29) is 29.3 Å². The topological polar surface area (TPSA) is 64.6 Å². The van der Waals surface area contributed by atoms with Gasteiger partial charge in [-0.15, -0.1) is 11.3 Å². The first-order valence-electron chi connectivity index (χ1n) is 11.8. The molecule has 0 aliphatic heterocycles. The Labute approximate surface area is 201 Å². The molecule has 0 fully saturated rings. The highest BCUT2D eigenvalue weighted by molar-refractivity contribution is 7.17. The number of esters is 1. The minimum Gasteiger partial charge on any atom is -0.484 e. The zero-order valence-electron chi connectivity index (χ0n) is 20.8. The van der Waals surface area contributed by atoms with Gasteiger partial charge < -0.3 is 14.8 Å². The lowest BCUT2D eigenvalue weighted by Gasteiger charge is -2.33. The van der Waals surface area contributed by atoms with Gasteiger partial charge >= 0.3 is 5.97 Å². The molecular weight excluding hydrogens is 434 g/mol. The molecule has 0 saturated carbocycles. The lowest BCUT2D eigenvalue weighted by atomic mass is 9.72. The maximum absolute atomic E-state index is 12.6. The lowest BCUT2D eigenvalue weighted by Crippen LogP contribution is -2.24. The molecule has 2 aromatic rings. The van der Waals surface area contributed by atoms with Crippen molar-refractivity contribution in [1.29, 1.82) is 0 Å². The van der Waals surface area contributed by atoms with Crippen molar-refractivity contribution in [2.24, 2.45) is 5.41 Å². The van der Waals surface area contributed by atoms with Crippen LogP contribution in [0.25, 0.3) is 0 Å².